The third-order valence-corrected chi connectivity index (χ3v) is 15.6. The lowest BCUT2D eigenvalue weighted by molar-refractivity contribution is 1.27. The van der Waals surface area contributed by atoms with E-state index in [1.807, 2.05) is 34.8 Å². The van der Waals surface area contributed by atoms with Gasteiger partial charge in [0.25, 0.3) is 0 Å². The van der Waals surface area contributed by atoms with Gasteiger partial charge in [-0.2, -0.15) is 0 Å². The Morgan fingerprint density at radius 1 is 0.534 bits per heavy atom. The third-order valence-electron chi connectivity index (χ3n) is 11.0. The summed E-state index contributed by atoms with van der Waals surface area (Å²) in [4.78, 5) is 4.82. The zero-order valence-corrected chi connectivity index (χ0v) is 35.6. The fraction of sp³-hybridized carbons (Fsp3) is 0.0566. The first-order chi connectivity index (χ1) is 28.4. The van der Waals surface area contributed by atoms with E-state index < -0.39 is 8.80 Å². The Morgan fingerprint density at radius 2 is 1.05 bits per heavy atom. The van der Waals surface area contributed by atoms with Crippen LogP contribution in [0.3, 0.4) is 0 Å². The van der Waals surface area contributed by atoms with Crippen molar-refractivity contribution < 1.29 is 0 Å². The second-order valence-corrected chi connectivity index (χ2v) is 19.1. The Morgan fingerprint density at radius 3 is 1.62 bits per heavy atom. The van der Waals surface area contributed by atoms with Gasteiger partial charge in [-0.3, -0.25) is 0 Å². The fourth-order valence-corrected chi connectivity index (χ4v) is 11.7. The monoisotopic (exact) mass is 799 g/mol. The van der Waals surface area contributed by atoms with Crippen LogP contribution in [0, 0.1) is 6.92 Å². The van der Waals surface area contributed by atoms with Gasteiger partial charge in [0.2, 0.25) is 0 Å². The predicted octanol–water partition coefficient (Wildman–Crippen LogP) is 15.1. The molecule has 0 unspecified atom stereocenters. The van der Waals surface area contributed by atoms with Crippen LogP contribution in [0.2, 0.25) is 6.55 Å². The van der Waals surface area contributed by atoms with Crippen LogP contribution in [-0.2, 0) is 0 Å². The molecular weight excluding hydrogens is 757 g/mol. The first-order valence-corrected chi connectivity index (χ1v) is 23.2. The van der Waals surface area contributed by atoms with Crippen LogP contribution in [0.5, 0.6) is 0 Å². The highest BCUT2D eigenvalue weighted by Crippen LogP contribution is 2.45. The third kappa shape index (κ3) is 7.03. The average molecular weight is 800 g/mol. The van der Waals surface area contributed by atoms with E-state index in [1.54, 1.807) is 0 Å². The Hall–Kier alpha value is -6.24. The van der Waals surface area contributed by atoms with Crippen molar-refractivity contribution in [2.75, 3.05) is 9.80 Å². The highest BCUT2D eigenvalue weighted by molar-refractivity contribution is 7.23. The maximum absolute atomic E-state index is 3.98. The molecule has 281 valence electrons. The molecule has 0 atom stereocenters. The SMILES string of the molecule is C=Cc1ccc(N(c2cc3cc([Si](C)c4ccc5sc(N(c6ccc(C=C)cc6)c6cccc7ccccc67)cc5c4)ccc3s2)c2cccc(C=CC)c2C)cc1. The molecular formula is C53H43N2S2Si. The fourth-order valence-electron chi connectivity index (χ4n) is 7.85. The van der Waals surface area contributed by atoms with Crippen molar-refractivity contribution in [3.8, 4) is 0 Å². The first-order valence-electron chi connectivity index (χ1n) is 19.6. The normalized spacial score (nSPS) is 11.6. The highest BCUT2D eigenvalue weighted by atomic mass is 32.1. The van der Waals surface area contributed by atoms with Gasteiger partial charge in [0.1, 0.15) is 18.8 Å². The molecule has 2 nitrogen and oxygen atoms in total. The predicted molar refractivity (Wildman–Crippen MR) is 261 cm³/mol. The topological polar surface area (TPSA) is 6.48 Å². The largest absolute Gasteiger partial charge is 0.302 e. The molecule has 1 radical (unpaired) electrons. The van der Waals surface area contributed by atoms with Crippen molar-refractivity contribution in [2.45, 2.75) is 20.4 Å². The molecule has 9 rings (SSSR count). The number of fused-ring (bicyclic) bond motifs is 3. The standard InChI is InChI=1S/C53H43N2S2Si/c1-6-13-39-15-11-18-48(36(39)4)54(43-24-20-37(7-2)21-25-43)52-34-41-32-45(28-30-50(41)56-52)58(5)46-29-31-51-42(33-46)35-53(57-51)55(44-26-22-38(8-3)23-27-44)49-19-12-16-40-14-9-10-17-47(40)49/h6-35H,2-3H2,1,4-5H3. The second kappa shape index (κ2) is 16.0. The van der Waals surface area contributed by atoms with Crippen LogP contribution in [0.4, 0.5) is 32.8 Å². The number of hydrogen-bond donors (Lipinski definition) is 0. The lowest BCUT2D eigenvalue weighted by Gasteiger charge is -2.26. The molecule has 7 aromatic carbocycles. The van der Waals surface area contributed by atoms with Crippen molar-refractivity contribution in [2.24, 2.45) is 0 Å². The molecule has 0 saturated heterocycles. The number of nitrogens with zero attached hydrogens (tertiary/aromatic N) is 2. The van der Waals surface area contributed by atoms with Gasteiger partial charge >= 0.3 is 0 Å². The molecule has 0 spiro atoms. The van der Waals surface area contributed by atoms with E-state index in [2.05, 4.69) is 213 Å². The van der Waals surface area contributed by atoms with Crippen molar-refractivity contribution in [1.82, 2.24) is 0 Å². The summed E-state index contributed by atoms with van der Waals surface area (Å²) in [5, 5.41) is 10.2. The number of hydrogen-bond acceptors (Lipinski definition) is 4. The van der Waals surface area contributed by atoms with Gasteiger partial charge in [-0.1, -0.05) is 151 Å². The lowest BCUT2D eigenvalue weighted by Crippen LogP contribution is -2.38. The van der Waals surface area contributed by atoms with Gasteiger partial charge in [0.15, 0.2) is 0 Å². The smallest absolute Gasteiger partial charge is 0.118 e. The lowest BCUT2D eigenvalue weighted by atomic mass is 10.0. The summed E-state index contributed by atoms with van der Waals surface area (Å²) in [6.45, 7) is 14.7. The van der Waals surface area contributed by atoms with Gasteiger partial charge in [0.05, 0.1) is 11.4 Å². The summed E-state index contributed by atoms with van der Waals surface area (Å²) in [6, 6.07) is 58.2. The van der Waals surface area contributed by atoms with E-state index in [4.69, 9.17) is 0 Å². The molecule has 58 heavy (non-hydrogen) atoms. The highest BCUT2D eigenvalue weighted by Gasteiger charge is 2.21. The Labute approximate surface area is 351 Å². The first kappa shape index (κ1) is 37.3. The van der Waals surface area contributed by atoms with Crippen LogP contribution in [-0.4, -0.2) is 8.80 Å². The molecule has 0 aliphatic heterocycles. The molecule has 2 aromatic heterocycles. The number of anilines is 6. The Kier molecular flexibility index (Phi) is 10.3. The van der Waals surface area contributed by atoms with Gasteiger partial charge < -0.3 is 9.80 Å². The van der Waals surface area contributed by atoms with Gasteiger partial charge in [-0.15, -0.1) is 22.7 Å². The molecule has 9 aromatic rings. The number of rotatable bonds is 11. The van der Waals surface area contributed by atoms with Crippen molar-refractivity contribution in [3.63, 3.8) is 0 Å². The molecule has 2 heterocycles. The second-order valence-electron chi connectivity index (χ2n) is 14.6. The summed E-state index contributed by atoms with van der Waals surface area (Å²) in [5.41, 5.74) is 9.33. The number of allylic oxidation sites excluding steroid dienone is 1. The van der Waals surface area contributed by atoms with Crippen molar-refractivity contribution in [1.29, 1.82) is 0 Å². The molecule has 0 saturated carbocycles. The Bertz CT molecular complexity index is 2980. The average Bonchev–Trinajstić information content (AvgIpc) is 3.89. The van der Waals surface area contributed by atoms with E-state index in [-0.39, 0.29) is 0 Å². The maximum atomic E-state index is 3.98. The van der Waals surface area contributed by atoms with E-state index in [1.165, 1.54) is 73.8 Å². The zero-order chi connectivity index (χ0) is 39.8. The summed E-state index contributed by atoms with van der Waals surface area (Å²) in [6.07, 6.45) is 8.10. The minimum absolute atomic E-state index is 1.06. The van der Waals surface area contributed by atoms with Crippen LogP contribution >= 0.6 is 22.7 Å². The summed E-state index contributed by atoms with van der Waals surface area (Å²) in [7, 11) is -1.06. The van der Waals surface area contributed by atoms with Crippen LogP contribution in [0.15, 0.2) is 177 Å². The zero-order valence-electron chi connectivity index (χ0n) is 32.9. The molecule has 0 fully saturated rings. The van der Waals surface area contributed by atoms with Gasteiger partial charge in [0, 0.05) is 26.2 Å². The molecule has 0 N–H and O–H groups in total. The maximum Gasteiger partial charge on any atom is 0.118 e. The Balaban J connectivity index is 1.08. The summed E-state index contributed by atoms with van der Waals surface area (Å²) >= 11 is 3.69. The van der Waals surface area contributed by atoms with Gasteiger partial charge in [-0.25, -0.2) is 0 Å². The van der Waals surface area contributed by atoms with E-state index in [9.17, 15) is 0 Å². The van der Waals surface area contributed by atoms with Crippen molar-refractivity contribution in [3.05, 3.63) is 199 Å². The molecule has 0 aliphatic rings. The molecule has 5 heteroatoms. The van der Waals surface area contributed by atoms with Gasteiger partial charge in [-0.05, 0) is 113 Å². The minimum Gasteiger partial charge on any atom is -0.302 e. The van der Waals surface area contributed by atoms with E-state index >= 15 is 0 Å². The molecule has 0 amide bonds. The van der Waals surface area contributed by atoms with E-state index in [0.717, 1.165) is 22.5 Å². The van der Waals surface area contributed by atoms with Crippen LogP contribution in [0.1, 0.15) is 29.2 Å². The van der Waals surface area contributed by atoms with E-state index in [0.29, 0.717) is 0 Å². The van der Waals surface area contributed by atoms with Crippen LogP contribution < -0.4 is 20.2 Å². The van der Waals surface area contributed by atoms with Crippen molar-refractivity contribution >= 4 is 124 Å². The summed E-state index contributed by atoms with van der Waals surface area (Å²) < 4.78 is 2.57. The summed E-state index contributed by atoms with van der Waals surface area (Å²) in [5.74, 6) is 0. The number of thiophene rings is 2. The molecule has 0 bridgehead atoms. The minimum atomic E-state index is -1.06. The number of benzene rings is 7. The quantitative estimate of drug-likeness (QED) is 0.120. The molecule has 0 aliphatic carbocycles. The van der Waals surface area contributed by atoms with Crippen LogP contribution in [0.25, 0.3) is 49.2 Å².